The van der Waals surface area contributed by atoms with Crippen molar-refractivity contribution >= 4 is 49.0 Å². The summed E-state index contributed by atoms with van der Waals surface area (Å²) in [6, 6.07) is 4.16. The zero-order valence-electron chi connectivity index (χ0n) is 8.89. The topological polar surface area (TPSA) is 3.24 Å². The molecular weight excluding hydrogens is 306 g/mol. The molecule has 84 valence electrons. The highest BCUT2D eigenvalue weighted by Gasteiger charge is 2.20. The van der Waals surface area contributed by atoms with Gasteiger partial charge in [-0.25, -0.2) is 0 Å². The van der Waals surface area contributed by atoms with Crippen LogP contribution in [0.4, 0.5) is 0 Å². The third kappa shape index (κ3) is 1.61. The Morgan fingerprint density at radius 3 is 3.00 bits per heavy atom. The van der Waals surface area contributed by atoms with Crippen molar-refractivity contribution in [3.8, 4) is 0 Å². The maximum absolute atomic E-state index is 6.31. The predicted molar refractivity (Wildman–Crippen MR) is 74.6 cm³/mol. The van der Waals surface area contributed by atoms with Crippen LogP contribution in [-0.2, 0) is 13.0 Å². The second kappa shape index (κ2) is 3.98. The van der Waals surface area contributed by atoms with E-state index in [0.717, 1.165) is 24.5 Å². The monoisotopic (exact) mass is 315 g/mol. The first-order valence-electron chi connectivity index (χ1n) is 5.23. The van der Waals surface area contributed by atoms with Crippen LogP contribution in [0.3, 0.4) is 0 Å². The van der Waals surface area contributed by atoms with E-state index in [9.17, 15) is 0 Å². The molecule has 0 bridgehead atoms. The maximum atomic E-state index is 6.31. The fourth-order valence-electron chi connectivity index (χ4n) is 2.31. The molecule has 1 aliphatic rings. The molecule has 0 spiro atoms. The number of halogens is 2. The first-order valence-corrected chi connectivity index (χ1v) is 7.22. The molecule has 1 aromatic carbocycles. The van der Waals surface area contributed by atoms with Crippen molar-refractivity contribution in [1.82, 2.24) is 4.90 Å². The summed E-state index contributed by atoms with van der Waals surface area (Å²) in [4.78, 5) is 2.35. The van der Waals surface area contributed by atoms with E-state index in [-0.39, 0.29) is 0 Å². The van der Waals surface area contributed by atoms with Gasteiger partial charge in [0.15, 0.2) is 0 Å². The Morgan fingerprint density at radius 1 is 1.38 bits per heavy atom. The highest BCUT2D eigenvalue weighted by molar-refractivity contribution is 9.11. The molecule has 0 unspecified atom stereocenters. The first-order chi connectivity index (χ1) is 7.66. The summed E-state index contributed by atoms with van der Waals surface area (Å²) < 4.78 is 2.59. The van der Waals surface area contributed by atoms with Crippen LogP contribution in [0.5, 0.6) is 0 Å². The SMILES string of the molecule is CN1CCc2c(Cl)ccc3sc(Br)c(c23)C1. The number of benzene rings is 1. The number of nitrogens with zero attached hydrogens (tertiary/aromatic N) is 1. The van der Waals surface area contributed by atoms with E-state index in [4.69, 9.17) is 11.6 Å². The van der Waals surface area contributed by atoms with Gasteiger partial charge in [0.25, 0.3) is 0 Å². The predicted octanol–water partition coefficient (Wildman–Crippen LogP) is 4.31. The summed E-state index contributed by atoms with van der Waals surface area (Å²) in [5.74, 6) is 0. The normalized spacial score (nSPS) is 16.7. The smallest absolute Gasteiger partial charge is 0.0756 e. The molecule has 2 heterocycles. The molecule has 0 amide bonds. The molecule has 0 saturated carbocycles. The Morgan fingerprint density at radius 2 is 2.19 bits per heavy atom. The van der Waals surface area contributed by atoms with Gasteiger partial charge in [-0.05, 0) is 52.7 Å². The van der Waals surface area contributed by atoms with Crippen molar-refractivity contribution in [2.24, 2.45) is 0 Å². The fraction of sp³-hybridized carbons (Fsp3) is 0.333. The quantitative estimate of drug-likeness (QED) is 0.700. The number of thiophene rings is 1. The summed E-state index contributed by atoms with van der Waals surface area (Å²) in [6.07, 6.45) is 1.04. The van der Waals surface area contributed by atoms with Crippen molar-refractivity contribution < 1.29 is 0 Å². The second-order valence-corrected chi connectivity index (χ2v) is 7.02. The number of likely N-dealkylation sites (N-methyl/N-ethyl adjacent to an activating group) is 1. The Labute approximate surface area is 112 Å². The zero-order chi connectivity index (χ0) is 11.3. The Bertz CT molecular complexity index is 564. The lowest BCUT2D eigenvalue weighted by molar-refractivity contribution is 0.336. The molecular formula is C12H11BrClNS. The Kier molecular flexibility index (Phi) is 2.75. The zero-order valence-corrected chi connectivity index (χ0v) is 12.0. The van der Waals surface area contributed by atoms with Crippen LogP contribution in [-0.4, -0.2) is 18.5 Å². The van der Waals surface area contributed by atoms with Crippen LogP contribution in [0, 0.1) is 0 Å². The van der Waals surface area contributed by atoms with Crippen LogP contribution < -0.4 is 0 Å². The number of hydrogen-bond donors (Lipinski definition) is 0. The van der Waals surface area contributed by atoms with E-state index < -0.39 is 0 Å². The number of rotatable bonds is 0. The molecule has 0 radical (unpaired) electrons. The highest BCUT2D eigenvalue weighted by atomic mass is 79.9. The molecule has 0 atom stereocenters. The maximum Gasteiger partial charge on any atom is 0.0756 e. The van der Waals surface area contributed by atoms with Crippen molar-refractivity contribution in [2.75, 3.05) is 13.6 Å². The average Bonchev–Trinajstić information content (AvgIpc) is 2.46. The molecule has 16 heavy (non-hydrogen) atoms. The summed E-state index contributed by atoms with van der Waals surface area (Å²) in [5.41, 5.74) is 2.72. The molecule has 0 saturated heterocycles. The van der Waals surface area contributed by atoms with Crippen LogP contribution in [0.2, 0.25) is 5.02 Å². The van der Waals surface area contributed by atoms with Crippen LogP contribution >= 0.6 is 38.9 Å². The Hall–Kier alpha value is -0.0900. The van der Waals surface area contributed by atoms with Gasteiger partial charge in [0.1, 0.15) is 0 Å². The molecule has 2 aromatic rings. The lowest BCUT2D eigenvalue weighted by Crippen LogP contribution is -2.18. The van der Waals surface area contributed by atoms with E-state index in [1.165, 1.54) is 25.0 Å². The van der Waals surface area contributed by atoms with Gasteiger partial charge in [0.2, 0.25) is 0 Å². The van der Waals surface area contributed by atoms with E-state index in [0.29, 0.717) is 0 Å². The first kappa shape index (κ1) is 11.0. The van der Waals surface area contributed by atoms with E-state index in [2.05, 4.69) is 33.9 Å². The van der Waals surface area contributed by atoms with Crippen molar-refractivity contribution in [2.45, 2.75) is 13.0 Å². The van der Waals surface area contributed by atoms with Crippen LogP contribution in [0.1, 0.15) is 11.1 Å². The number of hydrogen-bond acceptors (Lipinski definition) is 2. The van der Waals surface area contributed by atoms with Gasteiger partial charge >= 0.3 is 0 Å². The summed E-state index contributed by atoms with van der Waals surface area (Å²) in [5, 5.41) is 2.29. The third-order valence-electron chi connectivity index (χ3n) is 3.13. The summed E-state index contributed by atoms with van der Waals surface area (Å²) in [6.45, 7) is 2.08. The van der Waals surface area contributed by atoms with E-state index >= 15 is 0 Å². The lowest BCUT2D eigenvalue weighted by Gasteiger charge is -2.12. The molecule has 1 aromatic heterocycles. The van der Waals surface area contributed by atoms with Crippen LogP contribution in [0.25, 0.3) is 10.1 Å². The van der Waals surface area contributed by atoms with Crippen molar-refractivity contribution in [3.63, 3.8) is 0 Å². The van der Waals surface area contributed by atoms with Gasteiger partial charge in [0.05, 0.1) is 3.79 Å². The average molecular weight is 317 g/mol. The molecule has 0 aliphatic carbocycles. The standard InChI is InChI=1S/C12H11BrClNS/c1-15-5-4-7-9(14)2-3-10-11(7)8(6-15)12(13)16-10/h2-3H,4-6H2,1H3. The van der Waals surface area contributed by atoms with E-state index in [1.54, 1.807) is 0 Å². The van der Waals surface area contributed by atoms with Crippen molar-refractivity contribution in [3.05, 3.63) is 32.1 Å². The van der Waals surface area contributed by atoms with Gasteiger partial charge in [0, 0.05) is 28.2 Å². The van der Waals surface area contributed by atoms with Gasteiger partial charge in [-0.1, -0.05) is 11.6 Å². The van der Waals surface area contributed by atoms with Gasteiger partial charge < -0.3 is 4.90 Å². The molecule has 3 rings (SSSR count). The summed E-state index contributed by atoms with van der Waals surface area (Å²) >= 11 is 11.8. The second-order valence-electron chi connectivity index (χ2n) is 4.24. The Balaban J connectivity index is 2.38. The van der Waals surface area contributed by atoms with Gasteiger partial charge in [-0.2, -0.15) is 0 Å². The molecule has 1 nitrogen and oxygen atoms in total. The van der Waals surface area contributed by atoms with Crippen LogP contribution in [0.15, 0.2) is 15.9 Å². The minimum absolute atomic E-state index is 0.911. The lowest BCUT2D eigenvalue weighted by atomic mass is 10.1. The molecule has 1 aliphatic heterocycles. The third-order valence-corrected chi connectivity index (χ3v) is 5.43. The van der Waals surface area contributed by atoms with Crippen molar-refractivity contribution in [1.29, 1.82) is 0 Å². The summed E-state index contributed by atoms with van der Waals surface area (Å²) in [7, 11) is 2.16. The largest absolute Gasteiger partial charge is 0.302 e. The van der Waals surface area contributed by atoms with E-state index in [1.807, 2.05) is 17.4 Å². The molecule has 0 N–H and O–H groups in total. The molecule has 0 fully saturated rings. The van der Waals surface area contributed by atoms with Gasteiger partial charge in [-0.15, -0.1) is 11.3 Å². The minimum Gasteiger partial charge on any atom is -0.302 e. The fourth-order valence-corrected chi connectivity index (χ4v) is 4.38. The molecule has 4 heteroatoms. The minimum atomic E-state index is 0.911. The van der Waals surface area contributed by atoms with Gasteiger partial charge in [-0.3, -0.25) is 0 Å². The highest BCUT2D eigenvalue weighted by Crippen LogP contribution is 2.41.